The second-order valence-corrected chi connectivity index (χ2v) is 6.08. The Labute approximate surface area is 158 Å². The molecule has 0 bridgehead atoms. The molecule has 2 rings (SSSR count). The van der Waals surface area contributed by atoms with Gasteiger partial charge in [0.2, 0.25) is 5.78 Å². The zero-order valence-electron chi connectivity index (χ0n) is 13.4. The van der Waals surface area contributed by atoms with Crippen LogP contribution in [0.1, 0.15) is 23.2 Å². The Morgan fingerprint density at radius 2 is 1.81 bits per heavy atom. The van der Waals surface area contributed by atoms with Crippen molar-refractivity contribution in [1.82, 2.24) is 0 Å². The lowest BCUT2D eigenvalue weighted by molar-refractivity contribution is -0.142. The van der Waals surface area contributed by atoms with Gasteiger partial charge in [-0.25, -0.2) is 8.78 Å². The van der Waals surface area contributed by atoms with Crippen LogP contribution in [0.3, 0.4) is 0 Å². The number of hydrogen-bond donors (Lipinski definition) is 0. The molecular formula is C18H14Cl2F2O4. The van der Waals surface area contributed by atoms with Crippen molar-refractivity contribution >= 4 is 35.0 Å². The Kier molecular flexibility index (Phi) is 7.36. The van der Waals surface area contributed by atoms with Crippen LogP contribution in [-0.4, -0.2) is 25.0 Å². The van der Waals surface area contributed by atoms with Crippen LogP contribution in [0.15, 0.2) is 36.4 Å². The molecule has 0 amide bonds. The summed E-state index contributed by atoms with van der Waals surface area (Å²) in [7, 11) is 0. The van der Waals surface area contributed by atoms with Crippen molar-refractivity contribution < 1.29 is 27.8 Å². The van der Waals surface area contributed by atoms with E-state index in [0.717, 1.165) is 18.2 Å². The van der Waals surface area contributed by atoms with Gasteiger partial charge in [-0.2, -0.15) is 0 Å². The molecular weight excluding hydrogens is 389 g/mol. The van der Waals surface area contributed by atoms with Gasteiger partial charge in [-0.05, 0) is 42.8 Å². The highest BCUT2D eigenvalue weighted by molar-refractivity contribution is 6.35. The summed E-state index contributed by atoms with van der Waals surface area (Å²) >= 11 is 11.7. The number of benzene rings is 2. The standard InChI is InChI=1S/C18H14Cl2F2O4/c19-11-3-6-17(14(20)8-11)25-7-1-2-18(24)26-10-16(23)13-9-12(21)4-5-15(13)22/h3-6,8-9H,1-2,7,10H2. The van der Waals surface area contributed by atoms with E-state index in [1.54, 1.807) is 12.1 Å². The van der Waals surface area contributed by atoms with Crippen molar-refractivity contribution in [3.8, 4) is 5.75 Å². The number of rotatable bonds is 8. The van der Waals surface area contributed by atoms with Crippen molar-refractivity contribution in [2.75, 3.05) is 13.2 Å². The summed E-state index contributed by atoms with van der Waals surface area (Å²) in [5.74, 6) is -2.67. The van der Waals surface area contributed by atoms with Gasteiger partial charge in [-0.3, -0.25) is 9.59 Å². The quantitative estimate of drug-likeness (QED) is 0.359. The number of carbonyl (C=O) groups excluding carboxylic acids is 2. The second-order valence-electron chi connectivity index (χ2n) is 5.23. The lowest BCUT2D eigenvalue weighted by Gasteiger charge is -2.08. The van der Waals surface area contributed by atoms with Crippen LogP contribution in [0.2, 0.25) is 10.0 Å². The maximum atomic E-state index is 13.4. The molecule has 0 aromatic heterocycles. The van der Waals surface area contributed by atoms with Gasteiger partial charge in [0, 0.05) is 11.4 Å². The van der Waals surface area contributed by atoms with E-state index < -0.39 is 35.6 Å². The highest BCUT2D eigenvalue weighted by Gasteiger charge is 2.15. The molecule has 0 fully saturated rings. The molecule has 138 valence electrons. The Bertz CT molecular complexity index is 812. The van der Waals surface area contributed by atoms with Crippen LogP contribution in [0.4, 0.5) is 8.78 Å². The molecule has 0 radical (unpaired) electrons. The molecule has 0 atom stereocenters. The van der Waals surface area contributed by atoms with E-state index in [4.69, 9.17) is 32.7 Å². The number of carbonyl (C=O) groups is 2. The van der Waals surface area contributed by atoms with E-state index in [0.29, 0.717) is 22.2 Å². The summed E-state index contributed by atoms with van der Waals surface area (Å²) in [4.78, 5) is 23.4. The fourth-order valence-corrected chi connectivity index (χ4v) is 2.46. The first-order valence-corrected chi connectivity index (χ1v) is 8.34. The van der Waals surface area contributed by atoms with Crippen LogP contribution < -0.4 is 4.74 Å². The van der Waals surface area contributed by atoms with Crippen LogP contribution in [0, 0.1) is 11.6 Å². The van der Waals surface area contributed by atoms with Gasteiger partial charge in [0.05, 0.1) is 17.2 Å². The largest absolute Gasteiger partial charge is 0.492 e. The van der Waals surface area contributed by atoms with Gasteiger partial charge in [-0.15, -0.1) is 0 Å². The van der Waals surface area contributed by atoms with Gasteiger partial charge < -0.3 is 9.47 Å². The predicted molar refractivity (Wildman–Crippen MR) is 92.8 cm³/mol. The summed E-state index contributed by atoms with van der Waals surface area (Å²) in [5, 5.41) is 0.827. The lowest BCUT2D eigenvalue weighted by atomic mass is 10.1. The predicted octanol–water partition coefficient (Wildman–Crippen LogP) is 4.86. The molecule has 0 unspecified atom stereocenters. The first-order valence-electron chi connectivity index (χ1n) is 7.58. The minimum atomic E-state index is -0.874. The number of hydrogen-bond acceptors (Lipinski definition) is 4. The molecule has 8 heteroatoms. The van der Waals surface area contributed by atoms with Crippen molar-refractivity contribution in [2.45, 2.75) is 12.8 Å². The smallest absolute Gasteiger partial charge is 0.306 e. The third-order valence-electron chi connectivity index (χ3n) is 3.27. The van der Waals surface area contributed by atoms with Gasteiger partial charge in [0.15, 0.2) is 6.61 Å². The van der Waals surface area contributed by atoms with Crippen molar-refractivity contribution in [3.63, 3.8) is 0 Å². The Balaban J connectivity index is 1.72. The molecule has 0 aliphatic rings. The third-order valence-corrected chi connectivity index (χ3v) is 3.80. The van der Waals surface area contributed by atoms with Crippen LogP contribution in [-0.2, 0) is 9.53 Å². The fourth-order valence-electron chi connectivity index (χ4n) is 2.00. The average molecular weight is 403 g/mol. The van der Waals surface area contributed by atoms with Crippen LogP contribution in [0.25, 0.3) is 0 Å². The zero-order chi connectivity index (χ0) is 19.1. The first kappa shape index (κ1) is 20.1. The van der Waals surface area contributed by atoms with E-state index in [2.05, 4.69) is 0 Å². The molecule has 4 nitrogen and oxygen atoms in total. The summed E-state index contributed by atoms with van der Waals surface area (Å²) in [6.45, 7) is -0.466. The summed E-state index contributed by atoms with van der Waals surface area (Å²) in [6.07, 6.45) is 0.310. The maximum Gasteiger partial charge on any atom is 0.306 e. The molecule has 0 aliphatic carbocycles. The summed E-state index contributed by atoms with van der Waals surface area (Å²) in [6, 6.07) is 7.25. The van der Waals surface area contributed by atoms with Crippen molar-refractivity contribution in [2.24, 2.45) is 0 Å². The normalized spacial score (nSPS) is 10.5. The average Bonchev–Trinajstić information content (AvgIpc) is 2.60. The first-order chi connectivity index (χ1) is 12.4. The number of halogens is 4. The number of esters is 1. The molecule has 0 spiro atoms. The highest BCUT2D eigenvalue weighted by atomic mass is 35.5. The molecule has 2 aromatic carbocycles. The van der Waals surface area contributed by atoms with E-state index in [1.165, 1.54) is 6.07 Å². The summed E-state index contributed by atoms with van der Waals surface area (Å²) < 4.78 is 36.7. The van der Waals surface area contributed by atoms with E-state index in [9.17, 15) is 18.4 Å². The van der Waals surface area contributed by atoms with E-state index >= 15 is 0 Å². The third kappa shape index (κ3) is 5.97. The van der Waals surface area contributed by atoms with Gasteiger partial charge >= 0.3 is 5.97 Å². The molecule has 0 saturated heterocycles. The Morgan fingerprint density at radius 3 is 2.54 bits per heavy atom. The van der Waals surface area contributed by atoms with Gasteiger partial charge in [0.25, 0.3) is 0 Å². The zero-order valence-corrected chi connectivity index (χ0v) is 14.9. The second kappa shape index (κ2) is 9.50. The van der Waals surface area contributed by atoms with Crippen molar-refractivity contribution in [1.29, 1.82) is 0 Å². The van der Waals surface area contributed by atoms with E-state index in [1.807, 2.05) is 0 Å². The lowest BCUT2D eigenvalue weighted by Crippen LogP contribution is -2.16. The van der Waals surface area contributed by atoms with Crippen LogP contribution >= 0.6 is 23.2 Å². The van der Waals surface area contributed by atoms with Gasteiger partial charge in [-0.1, -0.05) is 23.2 Å². The Hall–Kier alpha value is -2.18. The maximum absolute atomic E-state index is 13.4. The Morgan fingerprint density at radius 1 is 1.04 bits per heavy atom. The molecule has 26 heavy (non-hydrogen) atoms. The van der Waals surface area contributed by atoms with Crippen molar-refractivity contribution in [3.05, 3.63) is 63.6 Å². The van der Waals surface area contributed by atoms with Crippen LogP contribution in [0.5, 0.6) is 5.75 Å². The molecule has 0 N–H and O–H groups in total. The monoisotopic (exact) mass is 402 g/mol. The molecule has 0 heterocycles. The molecule has 0 saturated carbocycles. The summed E-state index contributed by atoms with van der Waals surface area (Å²) in [5.41, 5.74) is -0.460. The minimum Gasteiger partial charge on any atom is -0.492 e. The number of ketones is 1. The van der Waals surface area contributed by atoms with E-state index in [-0.39, 0.29) is 13.0 Å². The SMILES string of the molecule is O=C(CCCOc1ccc(Cl)cc1Cl)OCC(=O)c1cc(F)ccc1F. The number of Topliss-reactive ketones (excluding diaryl/α,β-unsaturated/α-hetero) is 1. The fraction of sp³-hybridized carbons (Fsp3) is 0.222. The molecule has 2 aromatic rings. The number of ether oxygens (including phenoxy) is 2. The van der Waals surface area contributed by atoms with Gasteiger partial charge in [0.1, 0.15) is 17.4 Å². The molecule has 0 aliphatic heterocycles. The highest BCUT2D eigenvalue weighted by Crippen LogP contribution is 2.27. The topological polar surface area (TPSA) is 52.6 Å². The minimum absolute atomic E-state index is 0.00980.